The van der Waals surface area contributed by atoms with Gasteiger partial charge in [-0.3, -0.25) is 0 Å². The summed E-state index contributed by atoms with van der Waals surface area (Å²) < 4.78 is 0. The largest absolute Gasteiger partial charge is 0.387 e. The first-order chi connectivity index (χ1) is 10.7. The third-order valence-corrected chi connectivity index (χ3v) is 7.48. The van der Waals surface area contributed by atoms with Crippen molar-refractivity contribution >= 4 is 39.1 Å². The van der Waals surface area contributed by atoms with Gasteiger partial charge in [0.15, 0.2) is 0 Å². The van der Waals surface area contributed by atoms with Gasteiger partial charge < -0.3 is 10.4 Å². The van der Waals surface area contributed by atoms with E-state index in [0.717, 1.165) is 35.7 Å². The van der Waals surface area contributed by atoms with Crippen molar-refractivity contribution in [1.29, 1.82) is 0 Å². The van der Waals surface area contributed by atoms with E-state index in [1.807, 2.05) is 11.8 Å². The fourth-order valence-corrected chi connectivity index (χ4v) is 5.96. The highest BCUT2D eigenvalue weighted by Gasteiger charge is 2.45. The number of hydrogen-bond acceptors (Lipinski definition) is 6. The number of nitrogens with one attached hydrogen (secondary N) is 1. The number of fused-ring (bicyclic) bond motifs is 3. The van der Waals surface area contributed by atoms with E-state index in [1.165, 1.54) is 28.7 Å². The van der Waals surface area contributed by atoms with Crippen LogP contribution in [0.25, 0.3) is 10.2 Å². The number of nitrogens with zero attached hydrogens (tertiary/aromatic N) is 2. The average Bonchev–Trinajstić information content (AvgIpc) is 3.09. The lowest BCUT2D eigenvalue weighted by molar-refractivity contribution is -0.0120. The highest BCUT2D eigenvalue weighted by Crippen LogP contribution is 2.42. The van der Waals surface area contributed by atoms with Crippen LogP contribution >= 0.6 is 23.1 Å². The zero-order chi connectivity index (χ0) is 15.2. The van der Waals surface area contributed by atoms with Crippen LogP contribution in [-0.2, 0) is 12.8 Å². The molecule has 0 spiro atoms. The molecular weight excluding hydrogens is 314 g/mol. The third-order valence-electron chi connectivity index (χ3n) is 4.87. The Kier molecular flexibility index (Phi) is 3.78. The molecule has 2 aliphatic carbocycles. The Hall–Kier alpha value is -0.850. The van der Waals surface area contributed by atoms with Crippen molar-refractivity contribution in [3.8, 4) is 0 Å². The third kappa shape index (κ3) is 2.32. The van der Waals surface area contributed by atoms with Gasteiger partial charge in [0.05, 0.1) is 11.0 Å². The maximum Gasteiger partial charge on any atom is 0.138 e. The minimum Gasteiger partial charge on any atom is -0.387 e. The molecule has 2 aliphatic rings. The van der Waals surface area contributed by atoms with Crippen molar-refractivity contribution in [2.75, 3.05) is 17.6 Å². The molecule has 2 aromatic heterocycles. The summed E-state index contributed by atoms with van der Waals surface area (Å²) in [5.74, 6) is 1.97. The lowest BCUT2D eigenvalue weighted by Crippen LogP contribution is -2.54. The standard InChI is InChI=1S/C16H21N3OS2/c1-2-21-12-6-7-16(12,20)8-17-14-13-10-4-3-5-11(10)22-15(13)19-9-18-14/h9,12,20H,2-8H2,1H3,(H,17,18,19). The SMILES string of the molecule is CCSC1CCC1(O)CNc1ncnc2sc3c(c12)CCC3. The number of thioether (sulfide) groups is 1. The van der Waals surface area contributed by atoms with Crippen molar-refractivity contribution in [1.82, 2.24) is 9.97 Å². The van der Waals surface area contributed by atoms with Crippen LogP contribution in [0.1, 0.15) is 36.6 Å². The van der Waals surface area contributed by atoms with Gasteiger partial charge in [-0.25, -0.2) is 9.97 Å². The predicted octanol–water partition coefficient (Wildman–Crippen LogP) is 3.24. The van der Waals surface area contributed by atoms with Crippen LogP contribution in [0.4, 0.5) is 5.82 Å². The molecule has 4 nitrogen and oxygen atoms in total. The molecule has 0 radical (unpaired) electrons. The molecule has 4 rings (SSSR count). The minimum absolute atomic E-state index is 0.357. The summed E-state index contributed by atoms with van der Waals surface area (Å²) in [6.07, 6.45) is 7.19. The molecule has 2 unspecified atom stereocenters. The van der Waals surface area contributed by atoms with Gasteiger partial charge in [0, 0.05) is 16.7 Å². The molecule has 118 valence electrons. The molecular formula is C16H21N3OS2. The molecule has 22 heavy (non-hydrogen) atoms. The molecule has 0 amide bonds. The van der Waals surface area contributed by atoms with Gasteiger partial charge in [-0.1, -0.05) is 6.92 Å². The van der Waals surface area contributed by atoms with Gasteiger partial charge in [-0.15, -0.1) is 11.3 Å². The second kappa shape index (κ2) is 5.65. The van der Waals surface area contributed by atoms with Crippen molar-refractivity contribution < 1.29 is 5.11 Å². The van der Waals surface area contributed by atoms with Crippen LogP contribution in [0.3, 0.4) is 0 Å². The number of aryl methyl sites for hydroxylation is 2. The normalized spacial score (nSPS) is 26.9. The Morgan fingerprint density at radius 3 is 3.14 bits per heavy atom. The van der Waals surface area contributed by atoms with Gasteiger partial charge in [0.1, 0.15) is 17.0 Å². The van der Waals surface area contributed by atoms with Crippen LogP contribution in [0.2, 0.25) is 0 Å². The van der Waals surface area contributed by atoms with Crippen LogP contribution in [0.5, 0.6) is 0 Å². The van der Waals surface area contributed by atoms with Gasteiger partial charge in [0.2, 0.25) is 0 Å². The van der Waals surface area contributed by atoms with Crippen LogP contribution in [0.15, 0.2) is 6.33 Å². The van der Waals surface area contributed by atoms with Crippen molar-refractivity contribution in [2.45, 2.75) is 49.9 Å². The maximum atomic E-state index is 10.8. The lowest BCUT2D eigenvalue weighted by Gasteiger charge is -2.45. The van der Waals surface area contributed by atoms with Crippen LogP contribution < -0.4 is 5.32 Å². The molecule has 2 N–H and O–H groups in total. The Bertz CT molecular complexity index is 702. The molecule has 1 saturated carbocycles. The predicted molar refractivity (Wildman–Crippen MR) is 94.0 cm³/mol. The smallest absolute Gasteiger partial charge is 0.138 e. The molecule has 0 saturated heterocycles. The van der Waals surface area contributed by atoms with E-state index in [4.69, 9.17) is 0 Å². The molecule has 1 fully saturated rings. The highest BCUT2D eigenvalue weighted by molar-refractivity contribution is 8.00. The summed E-state index contributed by atoms with van der Waals surface area (Å²) in [5.41, 5.74) is 0.847. The summed E-state index contributed by atoms with van der Waals surface area (Å²) in [6.45, 7) is 2.74. The Balaban J connectivity index is 1.57. The van der Waals surface area contributed by atoms with E-state index in [9.17, 15) is 5.11 Å². The van der Waals surface area contributed by atoms with Gasteiger partial charge in [0.25, 0.3) is 0 Å². The number of aromatic nitrogens is 2. The second-order valence-electron chi connectivity index (χ2n) is 6.20. The summed E-state index contributed by atoms with van der Waals surface area (Å²) in [5, 5.41) is 15.7. The van der Waals surface area contributed by atoms with E-state index in [1.54, 1.807) is 17.7 Å². The maximum absolute atomic E-state index is 10.8. The Labute approximate surface area is 138 Å². The van der Waals surface area contributed by atoms with Crippen molar-refractivity contribution in [3.63, 3.8) is 0 Å². The number of aliphatic hydroxyl groups is 1. The highest BCUT2D eigenvalue weighted by atomic mass is 32.2. The Morgan fingerprint density at radius 1 is 1.45 bits per heavy atom. The zero-order valence-electron chi connectivity index (χ0n) is 12.8. The zero-order valence-corrected chi connectivity index (χ0v) is 14.4. The van der Waals surface area contributed by atoms with Crippen LogP contribution in [0, 0.1) is 0 Å². The van der Waals surface area contributed by atoms with Gasteiger partial charge in [-0.2, -0.15) is 11.8 Å². The minimum atomic E-state index is -0.586. The summed E-state index contributed by atoms with van der Waals surface area (Å²) >= 11 is 3.67. The first kappa shape index (κ1) is 14.7. The molecule has 0 bridgehead atoms. The fraction of sp³-hybridized carbons (Fsp3) is 0.625. The average molecular weight is 335 g/mol. The quantitative estimate of drug-likeness (QED) is 0.878. The topological polar surface area (TPSA) is 58.0 Å². The van der Waals surface area contributed by atoms with Crippen molar-refractivity contribution in [2.24, 2.45) is 0 Å². The van der Waals surface area contributed by atoms with Gasteiger partial charge >= 0.3 is 0 Å². The molecule has 0 aliphatic heterocycles. The van der Waals surface area contributed by atoms with Gasteiger partial charge in [-0.05, 0) is 43.4 Å². The van der Waals surface area contributed by atoms with E-state index >= 15 is 0 Å². The van der Waals surface area contributed by atoms with Crippen molar-refractivity contribution in [3.05, 3.63) is 16.8 Å². The molecule has 2 heterocycles. The molecule has 6 heteroatoms. The summed E-state index contributed by atoms with van der Waals surface area (Å²) in [7, 11) is 0. The van der Waals surface area contributed by atoms with E-state index in [-0.39, 0.29) is 0 Å². The monoisotopic (exact) mass is 335 g/mol. The molecule has 2 atom stereocenters. The molecule has 2 aromatic rings. The molecule has 0 aromatic carbocycles. The number of anilines is 1. The summed E-state index contributed by atoms with van der Waals surface area (Å²) in [6, 6.07) is 0. The fourth-order valence-electron chi connectivity index (χ4n) is 3.54. The number of rotatable bonds is 5. The first-order valence-electron chi connectivity index (χ1n) is 8.04. The van der Waals surface area contributed by atoms with E-state index < -0.39 is 5.60 Å². The van der Waals surface area contributed by atoms with Crippen LogP contribution in [-0.4, -0.2) is 38.2 Å². The number of thiophene rings is 1. The second-order valence-corrected chi connectivity index (χ2v) is 8.76. The summed E-state index contributed by atoms with van der Waals surface area (Å²) in [4.78, 5) is 11.4. The Morgan fingerprint density at radius 2 is 2.36 bits per heavy atom. The first-order valence-corrected chi connectivity index (χ1v) is 9.91. The number of hydrogen-bond donors (Lipinski definition) is 2. The van der Waals surface area contributed by atoms with E-state index in [2.05, 4.69) is 22.2 Å². The lowest BCUT2D eigenvalue weighted by atomic mass is 9.79. The van der Waals surface area contributed by atoms with E-state index in [0.29, 0.717) is 11.8 Å².